The summed E-state index contributed by atoms with van der Waals surface area (Å²) in [5.41, 5.74) is 4.52. The van der Waals surface area contributed by atoms with E-state index >= 15 is 0 Å². The summed E-state index contributed by atoms with van der Waals surface area (Å²) in [6.07, 6.45) is 2.52. The predicted octanol–water partition coefficient (Wildman–Crippen LogP) is 4.06. The lowest BCUT2D eigenvalue weighted by Gasteiger charge is -2.32. The van der Waals surface area contributed by atoms with Crippen molar-refractivity contribution in [1.29, 1.82) is 0 Å². The van der Waals surface area contributed by atoms with Crippen molar-refractivity contribution in [2.75, 3.05) is 26.2 Å². The smallest absolute Gasteiger partial charge is 0.409 e. The number of carbonyl (C=O) groups excluding carboxylic acids is 1. The van der Waals surface area contributed by atoms with Crippen LogP contribution in [-0.2, 0) is 9.57 Å². The molecule has 6 heteroatoms. The van der Waals surface area contributed by atoms with Crippen LogP contribution in [0.3, 0.4) is 0 Å². The monoisotopic (exact) mass is 407 g/mol. The van der Waals surface area contributed by atoms with Crippen LogP contribution in [0.1, 0.15) is 31.7 Å². The zero-order valence-corrected chi connectivity index (χ0v) is 17.4. The van der Waals surface area contributed by atoms with E-state index in [-0.39, 0.29) is 12.2 Å². The van der Waals surface area contributed by atoms with E-state index in [1.807, 2.05) is 13.0 Å². The maximum absolute atomic E-state index is 11.8. The molecule has 6 nitrogen and oxygen atoms in total. The summed E-state index contributed by atoms with van der Waals surface area (Å²) in [5, 5.41) is 7.90. The SMILES string of the molecule is CCOC(=O)N1CCC(NCC2CC(c3ccc(-c4ccccc4)cc3)=NO2)CC1. The van der Waals surface area contributed by atoms with Crippen LogP contribution in [0.5, 0.6) is 0 Å². The van der Waals surface area contributed by atoms with Crippen LogP contribution in [-0.4, -0.2) is 55.1 Å². The van der Waals surface area contributed by atoms with Crippen LogP contribution >= 0.6 is 0 Å². The number of hydrogen-bond acceptors (Lipinski definition) is 5. The summed E-state index contributed by atoms with van der Waals surface area (Å²) in [7, 11) is 0. The number of hydrogen-bond donors (Lipinski definition) is 1. The largest absolute Gasteiger partial charge is 0.450 e. The molecule has 1 fully saturated rings. The van der Waals surface area contributed by atoms with Gasteiger partial charge in [-0.05, 0) is 36.5 Å². The first-order valence-electron chi connectivity index (χ1n) is 10.8. The average Bonchev–Trinajstić information content (AvgIpc) is 3.28. The van der Waals surface area contributed by atoms with Gasteiger partial charge in [-0.25, -0.2) is 4.79 Å². The van der Waals surface area contributed by atoms with Gasteiger partial charge in [0.2, 0.25) is 0 Å². The second-order valence-electron chi connectivity index (χ2n) is 7.78. The van der Waals surface area contributed by atoms with E-state index in [4.69, 9.17) is 9.57 Å². The van der Waals surface area contributed by atoms with Gasteiger partial charge in [0.05, 0.1) is 12.3 Å². The van der Waals surface area contributed by atoms with Crippen molar-refractivity contribution in [3.05, 3.63) is 60.2 Å². The summed E-state index contributed by atoms with van der Waals surface area (Å²) >= 11 is 0. The molecule has 2 aliphatic heterocycles. The molecule has 0 aliphatic carbocycles. The van der Waals surface area contributed by atoms with Gasteiger partial charge in [-0.2, -0.15) is 0 Å². The van der Waals surface area contributed by atoms with Crippen LogP contribution in [0, 0.1) is 0 Å². The molecule has 30 heavy (non-hydrogen) atoms. The number of carbonyl (C=O) groups is 1. The van der Waals surface area contributed by atoms with Crippen LogP contribution in [0.4, 0.5) is 4.79 Å². The van der Waals surface area contributed by atoms with Crippen LogP contribution < -0.4 is 5.32 Å². The first kappa shape index (κ1) is 20.4. The van der Waals surface area contributed by atoms with Gasteiger partial charge in [0.15, 0.2) is 0 Å². The molecular formula is C24H29N3O3. The molecule has 2 heterocycles. The Kier molecular flexibility index (Phi) is 6.64. The summed E-state index contributed by atoms with van der Waals surface area (Å²) < 4.78 is 5.08. The molecule has 1 N–H and O–H groups in total. The Labute approximate surface area is 177 Å². The lowest BCUT2D eigenvalue weighted by Crippen LogP contribution is -2.46. The number of rotatable bonds is 6. The van der Waals surface area contributed by atoms with Crippen LogP contribution in [0.25, 0.3) is 11.1 Å². The van der Waals surface area contributed by atoms with Gasteiger partial charge < -0.3 is 19.8 Å². The summed E-state index contributed by atoms with van der Waals surface area (Å²) in [5.74, 6) is 0. The zero-order valence-electron chi connectivity index (χ0n) is 17.4. The molecule has 0 spiro atoms. The predicted molar refractivity (Wildman–Crippen MR) is 118 cm³/mol. The Morgan fingerprint density at radius 1 is 1.07 bits per heavy atom. The van der Waals surface area contributed by atoms with E-state index in [0.29, 0.717) is 12.6 Å². The highest BCUT2D eigenvalue weighted by Crippen LogP contribution is 2.22. The molecule has 0 bridgehead atoms. The first-order chi connectivity index (χ1) is 14.7. The molecule has 1 saturated heterocycles. The topological polar surface area (TPSA) is 63.2 Å². The van der Waals surface area contributed by atoms with Gasteiger partial charge in [0.25, 0.3) is 0 Å². The van der Waals surface area contributed by atoms with Gasteiger partial charge in [0, 0.05) is 32.1 Å². The van der Waals surface area contributed by atoms with Crippen LogP contribution in [0.15, 0.2) is 59.8 Å². The Morgan fingerprint density at radius 2 is 1.73 bits per heavy atom. The highest BCUT2D eigenvalue weighted by atomic mass is 16.6. The molecule has 2 aromatic carbocycles. The fourth-order valence-corrected chi connectivity index (χ4v) is 3.97. The lowest BCUT2D eigenvalue weighted by molar-refractivity contribution is 0.0751. The number of benzene rings is 2. The number of ether oxygens (including phenoxy) is 1. The molecule has 0 saturated carbocycles. The number of piperidine rings is 1. The zero-order chi connectivity index (χ0) is 20.8. The van der Waals surface area contributed by atoms with Gasteiger partial charge in [0.1, 0.15) is 6.10 Å². The molecule has 1 unspecified atom stereocenters. The van der Waals surface area contributed by atoms with Crippen molar-refractivity contribution in [2.24, 2.45) is 5.16 Å². The molecule has 0 aromatic heterocycles. The van der Waals surface area contributed by atoms with Crippen molar-refractivity contribution in [3.8, 4) is 11.1 Å². The molecule has 2 aromatic rings. The van der Waals surface area contributed by atoms with Crippen LogP contribution in [0.2, 0.25) is 0 Å². The van der Waals surface area contributed by atoms with Crippen molar-refractivity contribution in [3.63, 3.8) is 0 Å². The van der Waals surface area contributed by atoms with E-state index in [1.54, 1.807) is 4.90 Å². The van der Waals surface area contributed by atoms with Gasteiger partial charge in [-0.3, -0.25) is 0 Å². The third-order valence-electron chi connectivity index (χ3n) is 5.71. The van der Waals surface area contributed by atoms with E-state index in [1.165, 1.54) is 11.1 Å². The number of likely N-dealkylation sites (tertiary alicyclic amines) is 1. The standard InChI is InChI=1S/C24H29N3O3/c1-2-29-24(28)27-14-12-21(13-15-27)25-17-22-16-23(26-30-22)20-10-8-19(9-11-20)18-6-4-3-5-7-18/h3-11,21-22,25H,2,12-17H2,1H3. The Balaban J connectivity index is 1.22. The maximum atomic E-state index is 11.8. The number of oxime groups is 1. The molecule has 158 valence electrons. The van der Waals surface area contributed by atoms with E-state index in [2.05, 4.69) is 59.0 Å². The second kappa shape index (κ2) is 9.76. The van der Waals surface area contributed by atoms with Gasteiger partial charge >= 0.3 is 6.09 Å². The summed E-state index contributed by atoms with van der Waals surface area (Å²) in [6.45, 7) is 4.49. The minimum atomic E-state index is -0.202. The lowest BCUT2D eigenvalue weighted by atomic mass is 10.00. The first-order valence-corrected chi connectivity index (χ1v) is 10.8. The number of amides is 1. The Hall–Kier alpha value is -2.86. The summed E-state index contributed by atoms with van der Waals surface area (Å²) in [6, 6.07) is 19.3. The summed E-state index contributed by atoms with van der Waals surface area (Å²) in [4.78, 5) is 19.2. The normalized spacial score (nSPS) is 19.3. The van der Waals surface area contributed by atoms with Crippen molar-refractivity contribution in [2.45, 2.75) is 38.3 Å². The highest BCUT2D eigenvalue weighted by molar-refractivity contribution is 6.01. The van der Waals surface area contributed by atoms with Crippen molar-refractivity contribution < 1.29 is 14.4 Å². The second-order valence-corrected chi connectivity index (χ2v) is 7.78. The fourth-order valence-electron chi connectivity index (χ4n) is 3.97. The molecule has 2 aliphatic rings. The highest BCUT2D eigenvalue weighted by Gasteiger charge is 2.26. The van der Waals surface area contributed by atoms with E-state index in [9.17, 15) is 4.79 Å². The van der Waals surface area contributed by atoms with E-state index in [0.717, 1.165) is 50.2 Å². The number of nitrogens with zero attached hydrogens (tertiary/aromatic N) is 2. The minimum absolute atomic E-state index is 0.0527. The molecule has 4 rings (SSSR count). The molecule has 1 atom stereocenters. The van der Waals surface area contributed by atoms with Gasteiger partial charge in [-0.1, -0.05) is 59.8 Å². The van der Waals surface area contributed by atoms with E-state index < -0.39 is 0 Å². The third kappa shape index (κ3) is 5.00. The minimum Gasteiger partial charge on any atom is -0.450 e. The third-order valence-corrected chi connectivity index (χ3v) is 5.71. The average molecular weight is 408 g/mol. The number of nitrogens with one attached hydrogen (secondary N) is 1. The van der Waals surface area contributed by atoms with Crippen molar-refractivity contribution >= 4 is 11.8 Å². The fraction of sp³-hybridized carbons (Fsp3) is 0.417. The molecule has 1 amide bonds. The Morgan fingerprint density at radius 3 is 2.43 bits per heavy atom. The molecule has 0 radical (unpaired) electrons. The van der Waals surface area contributed by atoms with Crippen molar-refractivity contribution in [1.82, 2.24) is 10.2 Å². The molecular weight excluding hydrogens is 378 g/mol. The Bertz CT molecular complexity index is 859. The quantitative estimate of drug-likeness (QED) is 0.784. The van der Waals surface area contributed by atoms with Gasteiger partial charge in [-0.15, -0.1) is 0 Å². The maximum Gasteiger partial charge on any atom is 0.409 e.